The molecule has 19 heavy (non-hydrogen) atoms. The molecule has 102 valence electrons. The molecule has 3 N–H and O–H groups in total. The van der Waals surface area contributed by atoms with Crippen molar-refractivity contribution >= 4 is 11.8 Å². The maximum absolute atomic E-state index is 9.36. The van der Waals surface area contributed by atoms with Crippen molar-refractivity contribution in [2.45, 2.75) is 36.6 Å². The fourth-order valence-corrected chi connectivity index (χ4v) is 2.38. The number of nitrogens with zero attached hydrogens (tertiary/aromatic N) is 2. The molecule has 0 aliphatic heterocycles. The maximum Gasteiger partial charge on any atom is 0.246 e. The van der Waals surface area contributed by atoms with Crippen LogP contribution in [0, 0.1) is 6.92 Å². The van der Waals surface area contributed by atoms with Crippen LogP contribution in [0.15, 0.2) is 33.7 Å². The fourth-order valence-electron chi connectivity index (χ4n) is 1.52. The first-order valence-corrected chi connectivity index (χ1v) is 7.00. The van der Waals surface area contributed by atoms with Gasteiger partial charge in [0.25, 0.3) is 0 Å². The van der Waals surface area contributed by atoms with Crippen molar-refractivity contribution in [3.63, 3.8) is 0 Å². The Morgan fingerprint density at radius 3 is 2.95 bits per heavy atom. The third kappa shape index (κ3) is 3.79. The summed E-state index contributed by atoms with van der Waals surface area (Å²) in [4.78, 5) is 5.34. The lowest BCUT2D eigenvalue weighted by atomic mass is 10.2. The largest absolute Gasteiger partial charge is 0.391 e. The number of aromatic nitrogens is 2. The third-order valence-corrected chi connectivity index (χ3v) is 3.64. The van der Waals surface area contributed by atoms with Crippen LogP contribution in [0.2, 0.25) is 0 Å². The highest BCUT2D eigenvalue weighted by Gasteiger charge is 2.19. The fraction of sp³-hybridized carbons (Fsp3) is 0.385. The predicted octanol–water partition coefficient (Wildman–Crippen LogP) is 2.05. The molecular formula is C13H17N3O2S. The van der Waals surface area contributed by atoms with Crippen LogP contribution in [0.4, 0.5) is 0 Å². The highest BCUT2D eigenvalue weighted by molar-refractivity contribution is 7.98. The quantitative estimate of drug-likeness (QED) is 0.815. The Morgan fingerprint density at radius 2 is 2.26 bits per heavy atom. The minimum Gasteiger partial charge on any atom is -0.391 e. The molecule has 2 atom stereocenters. The van der Waals surface area contributed by atoms with Crippen molar-refractivity contribution in [1.29, 1.82) is 0 Å². The van der Waals surface area contributed by atoms with Gasteiger partial charge in [0.15, 0.2) is 5.82 Å². The van der Waals surface area contributed by atoms with Gasteiger partial charge >= 0.3 is 0 Å². The Morgan fingerprint density at radius 1 is 1.47 bits per heavy atom. The van der Waals surface area contributed by atoms with E-state index in [0.29, 0.717) is 11.6 Å². The van der Waals surface area contributed by atoms with Crippen LogP contribution in [0.1, 0.15) is 30.2 Å². The number of nitrogens with two attached hydrogens (primary N) is 1. The number of aliphatic hydroxyl groups is 1. The van der Waals surface area contributed by atoms with Crippen LogP contribution in [0.25, 0.3) is 0 Å². The van der Waals surface area contributed by atoms with Crippen molar-refractivity contribution < 1.29 is 9.63 Å². The second-order valence-corrected chi connectivity index (χ2v) is 5.47. The van der Waals surface area contributed by atoms with E-state index in [1.54, 1.807) is 18.7 Å². The molecule has 0 unspecified atom stereocenters. The zero-order valence-corrected chi connectivity index (χ0v) is 11.7. The summed E-state index contributed by atoms with van der Waals surface area (Å²) >= 11 is 1.63. The number of hydrogen-bond donors (Lipinski definition) is 2. The van der Waals surface area contributed by atoms with Crippen LogP contribution in [0.5, 0.6) is 0 Å². The van der Waals surface area contributed by atoms with Gasteiger partial charge in [-0.15, -0.1) is 11.8 Å². The molecule has 0 aliphatic carbocycles. The van der Waals surface area contributed by atoms with Gasteiger partial charge in [0.2, 0.25) is 5.89 Å². The van der Waals surface area contributed by atoms with Crippen LogP contribution in [0.3, 0.4) is 0 Å². The number of aryl methyl sites for hydroxylation is 1. The average Bonchev–Trinajstić information content (AvgIpc) is 2.84. The second kappa shape index (κ2) is 6.18. The number of hydrogen-bond acceptors (Lipinski definition) is 6. The summed E-state index contributed by atoms with van der Waals surface area (Å²) in [6.07, 6.45) is -0.710. The molecule has 1 aromatic heterocycles. The molecule has 0 saturated carbocycles. The zero-order chi connectivity index (χ0) is 13.8. The summed E-state index contributed by atoms with van der Waals surface area (Å²) in [6, 6.07) is 7.58. The van der Waals surface area contributed by atoms with Crippen LogP contribution in [-0.4, -0.2) is 21.4 Å². The maximum atomic E-state index is 9.36. The van der Waals surface area contributed by atoms with Gasteiger partial charge in [-0.25, -0.2) is 0 Å². The lowest BCUT2D eigenvalue weighted by Crippen LogP contribution is -2.23. The molecule has 6 heteroatoms. The van der Waals surface area contributed by atoms with Crippen molar-refractivity contribution in [2.75, 3.05) is 0 Å². The molecule has 0 fully saturated rings. The second-order valence-electron chi connectivity index (χ2n) is 4.42. The van der Waals surface area contributed by atoms with Crippen LogP contribution >= 0.6 is 11.8 Å². The Kier molecular flexibility index (Phi) is 4.57. The van der Waals surface area contributed by atoms with Crippen molar-refractivity contribution in [3.8, 4) is 0 Å². The number of aliphatic hydroxyl groups excluding tert-OH is 1. The van der Waals surface area contributed by atoms with E-state index >= 15 is 0 Å². The predicted molar refractivity (Wildman–Crippen MR) is 73.6 cm³/mol. The van der Waals surface area contributed by atoms with Gasteiger partial charge in [-0.1, -0.05) is 22.9 Å². The molecule has 1 heterocycles. The minimum atomic E-state index is -0.710. The lowest BCUT2D eigenvalue weighted by Gasteiger charge is -2.08. The summed E-state index contributed by atoms with van der Waals surface area (Å²) in [7, 11) is 0. The smallest absolute Gasteiger partial charge is 0.246 e. The Labute approximate surface area is 116 Å². The first kappa shape index (κ1) is 14.0. The van der Waals surface area contributed by atoms with E-state index in [1.165, 1.54) is 5.56 Å². The normalized spacial score (nSPS) is 14.3. The van der Waals surface area contributed by atoms with Crippen molar-refractivity contribution in [2.24, 2.45) is 5.73 Å². The van der Waals surface area contributed by atoms with E-state index in [-0.39, 0.29) is 5.89 Å². The van der Waals surface area contributed by atoms with Gasteiger partial charge < -0.3 is 15.4 Å². The van der Waals surface area contributed by atoms with E-state index in [9.17, 15) is 5.11 Å². The number of rotatable bonds is 5. The monoisotopic (exact) mass is 279 g/mol. The van der Waals surface area contributed by atoms with E-state index in [4.69, 9.17) is 10.3 Å². The molecular weight excluding hydrogens is 262 g/mol. The highest BCUT2D eigenvalue weighted by Crippen LogP contribution is 2.23. The average molecular weight is 279 g/mol. The molecule has 0 aliphatic rings. The van der Waals surface area contributed by atoms with Gasteiger partial charge in [-0.2, -0.15) is 4.98 Å². The SMILES string of the molecule is Cc1cccc(SCc2noc([C@@H](N)[C@@H](C)O)n2)c1. The molecule has 0 saturated heterocycles. The molecule has 1 aromatic carbocycles. The van der Waals surface area contributed by atoms with Crippen LogP contribution in [-0.2, 0) is 5.75 Å². The minimum absolute atomic E-state index is 0.273. The molecule has 0 bridgehead atoms. The van der Waals surface area contributed by atoms with Gasteiger partial charge in [-0.3, -0.25) is 0 Å². The summed E-state index contributed by atoms with van der Waals surface area (Å²) in [6.45, 7) is 3.65. The van der Waals surface area contributed by atoms with Gasteiger partial charge in [0.05, 0.1) is 11.9 Å². The molecule has 0 radical (unpaired) electrons. The van der Waals surface area contributed by atoms with E-state index in [2.05, 4.69) is 29.2 Å². The highest BCUT2D eigenvalue weighted by atomic mass is 32.2. The first-order valence-electron chi connectivity index (χ1n) is 6.02. The van der Waals surface area contributed by atoms with E-state index in [0.717, 1.165) is 4.90 Å². The van der Waals surface area contributed by atoms with E-state index in [1.807, 2.05) is 12.1 Å². The summed E-state index contributed by atoms with van der Waals surface area (Å²) in [5.41, 5.74) is 6.94. The standard InChI is InChI=1S/C13H17N3O2S/c1-8-4-3-5-10(6-8)19-7-11-15-13(18-16-11)12(14)9(2)17/h3-6,9,12,17H,7,14H2,1-2H3/t9-,12+/m1/s1. The van der Waals surface area contributed by atoms with Gasteiger partial charge in [0.1, 0.15) is 6.04 Å². The van der Waals surface area contributed by atoms with E-state index < -0.39 is 12.1 Å². The molecule has 0 spiro atoms. The van der Waals surface area contributed by atoms with Crippen molar-refractivity contribution in [1.82, 2.24) is 10.1 Å². The Bertz CT molecular complexity index is 542. The van der Waals surface area contributed by atoms with Gasteiger partial charge in [-0.05, 0) is 26.0 Å². The number of benzene rings is 1. The molecule has 2 rings (SSSR count). The zero-order valence-electron chi connectivity index (χ0n) is 10.9. The summed E-state index contributed by atoms with van der Waals surface area (Å²) < 4.78 is 5.04. The molecule has 5 nitrogen and oxygen atoms in total. The Balaban J connectivity index is 1.97. The van der Waals surface area contributed by atoms with Gasteiger partial charge in [0, 0.05) is 4.90 Å². The molecule has 2 aromatic rings. The molecule has 0 amide bonds. The summed E-state index contributed by atoms with van der Waals surface area (Å²) in [5.74, 6) is 1.46. The first-order chi connectivity index (χ1) is 9.06. The van der Waals surface area contributed by atoms with Crippen molar-refractivity contribution in [3.05, 3.63) is 41.5 Å². The number of thioether (sulfide) groups is 1. The summed E-state index contributed by atoms with van der Waals surface area (Å²) in [5, 5.41) is 13.2. The topological polar surface area (TPSA) is 85.2 Å². The Hall–Kier alpha value is -1.37. The lowest BCUT2D eigenvalue weighted by molar-refractivity contribution is 0.146. The van der Waals surface area contributed by atoms with Crippen LogP contribution < -0.4 is 5.73 Å². The third-order valence-electron chi connectivity index (χ3n) is 2.65.